The molecule has 37 heavy (non-hydrogen) atoms. The zero-order valence-electron chi connectivity index (χ0n) is 24.3. The van der Waals surface area contributed by atoms with Crippen LogP contribution >= 0.6 is 0 Å². The first-order chi connectivity index (χ1) is 17.2. The fourth-order valence-corrected chi connectivity index (χ4v) is 5.01. The van der Waals surface area contributed by atoms with Crippen molar-refractivity contribution in [2.45, 2.75) is 99.8 Å². The predicted molar refractivity (Wildman–Crippen MR) is 153 cm³/mol. The Balaban J connectivity index is 2.02. The lowest BCUT2D eigenvalue weighted by Crippen LogP contribution is -2.19. The van der Waals surface area contributed by atoms with Gasteiger partial charge in [0, 0.05) is 29.8 Å². The van der Waals surface area contributed by atoms with Gasteiger partial charge in [0.2, 0.25) is 0 Å². The lowest BCUT2D eigenvalue weighted by Gasteiger charge is -2.25. The fourth-order valence-electron chi connectivity index (χ4n) is 5.01. The number of aliphatic hydroxyl groups excluding tert-OH is 2. The molecule has 0 fully saturated rings. The van der Waals surface area contributed by atoms with Gasteiger partial charge in [0.05, 0.1) is 0 Å². The molecule has 0 aromatic heterocycles. The SMILES string of the molecule is CC1C=C(/C=C\C2=CC(C)(C)C=C(CCCCC(C)(C)CO)C2=O)C(=O)C(CCCCC(C)(C)CO)=C1. The van der Waals surface area contributed by atoms with E-state index in [4.69, 9.17) is 0 Å². The molecule has 0 radical (unpaired) electrons. The maximum atomic E-state index is 13.3. The van der Waals surface area contributed by atoms with E-state index in [0.29, 0.717) is 11.1 Å². The molecular formula is C33H50O4. The minimum Gasteiger partial charge on any atom is -0.396 e. The summed E-state index contributed by atoms with van der Waals surface area (Å²) in [7, 11) is 0. The van der Waals surface area contributed by atoms with E-state index in [1.165, 1.54) is 0 Å². The highest BCUT2D eigenvalue weighted by atomic mass is 16.3. The van der Waals surface area contributed by atoms with Crippen molar-refractivity contribution >= 4 is 11.6 Å². The monoisotopic (exact) mass is 510 g/mol. The van der Waals surface area contributed by atoms with Crippen LogP contribution in [0, 0.1) is 22.2 Å². The molecule has 0 amide bonds. The molecule has 4 heteroatoms. The van der Waals surface area contributed by atoms with Crippen molar-refractivity contribution in [3.8, 4) is 0 Å². The van der Waals surface area contributed by atoms with Crippen molar-refractivity contribution in [3.63, 3.8) is 0 Å². The topological polar surface area (TPSA) is 74.6 Å². The van der Waals surface area contributed by atoms with E-state index in [9.17, 15) is 19.8 Å². The molecule has 2 rings (SSSR count). The van der Waals surface area contributed by atoms with Gasteiger partial charge >= 0.3 is 0 Å². The van der Waals surface area contributed by atoms with Crippen LogP contribution in [0.4, 0.5) is 0 Å². The number of unbranched alkanes of at least 4 members (excludes halogenated alkanes) is 2. The molecule has 0 aliphatic heterocycles. The van der Waals surface area contributed by atoms with Crippen molar-refractivity contribution in [1.82, 2.24) is 0 Å². The van der Waals surface area contributed by atoms with Crippen LogP contribution in [0.15, 0.2) is 58.7 Å². The van der Waals surface area contributed by atoms with Crippen LogP contribution in [0.25, 0.3) is 0 Å². The minimum atomic E-state index is -0.223. The molecule has 0 aromatic rings. The maximum absolute atomic E-state index is 13.3. The summed E-state index contributed by atoms with van der Waals surface area (Å²) in [5.41, 5.74) is 2.63. The third-order valence-electron chi connectivity index (χ3n) is 7.49. The zero-order valence-corrected chi connectivity index (χ0v) is 24.3. The van der Waals surface area contributed by atoms with Gasteiger partial charge in [-0.1, -0.05) is 97.8 Å². The van der Waals surface area contributed by atoms with E-state index in [0.717, 1.165) is 62.5 Å². The van der Waals surface area contributed by atoms with Crippen molar-refractivity contribution < 1.29 is 19.8 Å². The summed E-state index contributed by atoms with van der Waals surface area (Å²) in [5, 5.41) is 18.9. The van der Waals surface area contributed by atoms with Gasteiger partial charge in [-0.15, -0.1) is 0 Å². The minimum absolute atomic E-state index is 0.0520. The van der Waals surface area contributed by atoms with Gasteiger partial charge in [-0.25, -0.2) is 0 Å². The third kappa shape index (κ3) is 9.98. The molecule has 2 aliphatic carbocycles. The second-order valence-electron chi connectivity index (χ2n) is 13.3. The first-order valence-electron chi connectivity index (χ1n) is 14.0. The molecule has 2 aliphatic rings. The second kappa shape index (κ2) is 13.2. The number of Topliss-reactive ketones (excluding diaryl/α,β-unsaturated/α-hetero) is 2. The second-order valence-corrected chi connectivity index (χ2v) is 13.3. The Morgan fingerprint density at radius 2 is 1.24 bits per heavy atom. The van der Waals surface area contributed by atoms with Gasteiger partial charge in [0.1, 0.15) is 0 Å². The van der Waals surface area contributed by atoms with E-state index < -0.39 is 0 Å². The molecule has 4 nitrogen and oxygen atoms in total. The average molecular weight is 511 g/mol. The average Bonchev–Trinajstić information content (AvgIpc) is 2.82. The number of allylic oxidation sites excluding steroid dienone is 10. The van der Waals surface area contributed by atoms with E-state index >= 15 is 0 Å². The molecular weight excluding hydrogens is 460 g/mol. The smallest absolute Gasteiger partial charge is 0.188 e. The highest BCUT2D eigenvalue weighted by Gasteiger charge is 2.26. The standard InChI is InChI=1S/C33H50O4/c1-24-18-25(12-8-10-16-31(2,3)22-34)29(36)26(19-24)14-15-28-21-33(6,7)20-27(30(28)37)13-9-11-17-32(4,5)23-35/h14-15,18-21,24,34-35H,8-13,16-17,22-23H2,1-7H3/b15-14-. The molecule has 1 atom stereocenters. The number of rotatable bonds is 14. The van der Waals surface area contributed by atoms with Gasteiger partial charge in [-0.05, 0) is 66.4 Å². The van der Waals surface area contributed by atoms with Gasteiger partial charge in [-0.2, -0.15) is 0 Å². The number of hydrogen-bond donors (Lipinski definition) is 2. The quantitative estimate of drug-likeness (QED) is 0.242. The number of aliphatic hydroxyl groups is 2. The van der Waals surface area contributed by atoms with Crippen molar-refractivity contribution in [3.05, 3.63) is 58.7 Å². The summed E-state index contributed by atoms with van der Waals surface area (Å²) in [6, 6.07) is 0. The Morgan fingerprint density at radius 1 is 0.757 bits per heavy atom. The number of hydrogen-bond acceptors (Lipinski definition) is 4. The van der Waals surface area contributed by atoms with Crippen LogP contribution in [0.1, 0.15) is 99.8 Å². The van der Waals surface area contributed by atoms with E-state index in [1.807, 2.05) is 24.3 Å². The first kappa shape index (κ1) is 31.2. The fraction of sp³-hybridized carbons (Fsp3) is 0.636. The van der Waals surface area contributed by atoms with E-state index in [1.54, 1.807) is 0 Å². The third-order valence-corrected chi connectivity index (χ3v) is 7.49. The lowest BCUT2D eigenvalue weighted by molar-refractivity contribution is -0.113. The zero-order chi connectivity index (χ0) is 27.9. The number of ketones is 2. The number of carbonyl (C=O) groups is 2. The lowest BCUT2D eigenvalue weighted by atomic mass is 9.79. The maximum Gasteiger partial charge on any atom is 0.188 e. The van der Waals surface area contributed by atoms with Crippen molar-refractivity contribution in [1.29, 1.82) is 0 Å². The highest BCUT2D eigenvalue weighted by Crippen LogP contribution is 2.34. The molecule has 206 valence electrons. The number of carbonyl (C=O) groups excluding carboxylic acids is 2. The van der Waals surface area contributed by atoms with Crippen LogP contribution in [0.2, 0.25) is 0 Å². The summed E-state index contributed by atoms with van der Waals surface area (Å²) >= 11 is 0. The molecule has 0 saturated carbocycles. The van der Waals surface area contributed by atoms with Gasteiger partial charge in [-0.3, -0.25) is 9.59 Å². The summed E-state index contributed by atoms with van der Waals surface area (Å²) < 4.78 is 0. The Kier molecular flexibility index (Phi) is 11.1. The first-order valence-corrected chi connectivity index (χ1v) is 14.0. The molecule has 0 saturated heterocycles. The Labute approximate surface area is 225 Å². The molecule has 0 spiro atoms. The summed E-state index contributed by atoms with van der Waals surface area (Å²) in [5.74, 6) is 0.282. The molecule has 0 heterocycles. The van der Waals surface area contributed by atoms with Gasteiger partial charge in [0.15, 0.2) is 11.6 Å². The van der Waals surface area contributed by atoms with E-state index in [2.05, 4.69) is 60.6 Å². The van der Waals surface area contributed by atoms with Crippen LogP contribution in [0.5, 0.6) is 0 Å². The predicted octanol–water partition coefficient (Wildman–Crippen LogP) is 7.23. The van der Waals surface area contributed by atoms with Crippen molar-refractivity contribution in [2.24, 2.45) is 22.2 Å². The molecule has 2 N–H and O–H groups in total. The summed E-state index contributed by atoms with van der Waals surface area (Å²) in [4.78, 5) is 26.4. The van der Waals surface area contributed by atoms with E-state index in [-0.39, 0.29) is 46.9 Å². The highest BCUT2D eigenvalue weighted by molar-refractivity contribution is 6.13. The largest absolute Gasteiger partial charge is 0.396 e. The van der Waals surface area contributed by atoms with Crippen molar-refractivity contribution in [2.75, 3.05) is 13.2 Å². The van der Waals surface area contributed by atoms with Crippen LogP contribution in [0.3, 0.4) is 0 Å². The summed E-state index contributed by atoms with van der Waals surface area (Å²) in [6.45, 7) is 14.9. The molecule has 0 aromatic carbocycles. The van der Waals surface area contributed by atoms with Crippen LogP contribution in [-0.2, 0) is 9.59 Å². The molecule has 1 unspecified atom stereocenters. The van der Waals surface area contributed by atoms with Crippen LogP contribution < -0.4 is 0 Å². The van der Waals surface area contributed by atoms with Gasteiger partial charge in [0.25, 0.3) is 0 Å². The molecule has 0 bridgehead atoms. The Bertz CT molecular complexity index is 982. The van der Waals surface area contributed by atoms with Crippen LogP contribution in [-0.4, -0.2) is 35.0 Å². The van der Waals surface area contributed by atoms with Gasteiger partial charge < -0.3 is 10.2 Å². The Morgan fingerprint density at radius 3 is 1.78 bits per heavy atom. The Hall–Kier alpha value is -2.04. The normalized spacial score (nSPS) is 20.6. The summed E-state index contributed by atoms with van der Waals surface area (Å²) in [6.07, 6.45) is 18.9.